The van der Waals surface area contributed by atoms with Crippen LogP contribution in [0, 0.1) is 26.7 Å². The quantitative estimate of drug-likeness (QED) is 0.832. The molecule has 1 aromatic rings. The van der Waals surface area contributed by atoms with Crippen molar-refractivity contribution >= 4 is 29.1 Å². The molecule has 1 saturated carbocycles. The molecule has 2 unspecified atom stereocenters. The summed E-state index contributed by atoms with van der Waals surface area (Å²) in [6.07, 6.45) is 0.126. The molecule has 4 nitrogen and oxygen atoms in total. The van der Waals surface area contributed by atoms with Crippen molar-refractivity contribution < 1.29 is 14.4 Å². The van der Waals surface area contributed by atoms with Crippen molar-refractivity contribution in [3.8, 4) is 0 Å². The molecular weight excluding hydrogens is 326 g/mol. The van der Waals surface area contributed by atoms with E-state index in [1.807, 2.05) is 32.9 Å². The normalized spacial score (nSPS) is 20.3. The van der Waals surface area contributed by atoms with Crippen LogP contribution >= 0.6 is 11.6 Å². The Morgan fingerprint density at radius 2 is 1.83 bits per heavy atom. The molecule has 1 aliphatic carbocycles. The number of benzene rings is 1. The van der Waals surface area contributed by atoms with E-state index >= 15 is 0 Å². The van der Waals surface area contributed by atoms with Crippen molar-refractivity contribution in [2.45, 2.75) is 39.5 Å². The molecule has 0 aliphatic heterocycles. The van der Waals surface area contributed by atoms with E-state index in [9.17, 15) is 14.4 Å². The SMILES string of the molecule is C=C(Cl)CNC(=O)CC1CC(=O)C(c2c(C)cc(C)cc2C)C1=O. The standard InChI is InChI=1S/C19H22ClNO3/c1-10-5-11(2)17(12(3)6-10)18-15(22)7-14(19(18)24)8-16(23)21-9-13(4)20/h5-6,14,18H,4,7-9H2,1-3H3,(H,21,23). The van der Waals surface area contributed by atoms with Crippen LogP contribution in [0.5, 0.6) is 0 Å². The number of hydrogen-bond donors (Lipinski definition) is 1. The van der Waals surface area contributed by atoms with Gasteiger partial charge in [-0.05, 0) is 37.5 Å². The van der Waals surface area contributed by atoms with Gasteiger partial charge in [0.1, 0.15) is 11.7 Å². The average molecular weight is 348 g/mol. The van der Waals surface area contributed by atoms with Crippen LogP contribution in [0.2, 0.25) is 0 Å². The molecule has 0 radical (unpaired) electrons. The molecule has 2 atom stereocenters. The number of rotatable bonds is 5. The van der Waals surface area contributed by atoms with E-state index in [1.165, 1.54) is 0 Å². The van der Waals surface area contributed by atoms with Crippen LogP contribution in [-0.4, -0.2) is 24.0 Å². The van der Waals surface area contributed by atoms with Crippen LogP contribution in [0.15, 0.2) is 23.7 Å². The lowest BCUT2D eigenvalue weighted by molar-refractivity contribution is -0.128. The third kappa shape index (κ3) is 3.93. The molecule has 0 spiro atoms. The zero-order chi connectivity index (χ0) is 18.0. The molecule has 128 valence electrons. The van der Waals surface area contributed by atoms with Crippen LogP contribution in [0.4, 0.5) is 0 Å². The van der Waals surface area contributed by atoms with Gasteiger partial charge in [-0.1, -0.05) is 35.9 Å². The predicted molar refractivity (Wildman–Crippen MR) is 94.1 cm³/mol. The second-order valence-electron chi connectivity index (χ2n) is 6.51. The van der Waals surface area contributed by atoms with Crippen LogP contribution in [0.3, 0.4) is 0 Å². The molecule has 2 rings (SSSR count). The molecule has 5 heteroatoms. The number of hydrogen-bond acceptors (Lipinski definition) is 3. The first-order valence-electron chi connectivity index (χ1n) is 7.95. The van der Waals surface area contributed by atoms with Crippen molar-refractivity contribution in [1.29, 1.82) is 0 Å². The minimum absolute atomic E-state index is 0.00913. The van der Waals surface area contributed by atoms with E-state index in [2.05, 4.69) is 11.9 Å². The van der Waals surface area contributed by atoms with Crippen molar-refractivity contribution in [3.05, 3.63) is 46.0 Å². The van der Waals surface area contributed by atoms with Crippen LogP contribution in [-0.2, 0) is 14.4 Å². The Balaban J connectivity index is 2.18. The second-order valence-corrected chi connectivity index (χ2v) is 7.05. The molecule has 0 bridgehead atoms. The lowest BCUT2D eigenvalue weighted by Crippen LogP contribution is -2.28. The van der Waals surface area contributed by atoms with E-state index in [0.717, 1.165) is 22.3 Å². The van der Waals surface area contributed by atoms with Gasteiger partial charge in [-0.15, -0.1) is 0 Å². The van der Waals surface area contributed by atoms with E-state index in [4.69, 9.17) is 11.6 Å². The van der Waals surface area contributed by atoms with Gasteiger partial charge in [-0.3, -0.25) is 14.4 Å². The number of nitrogens with one attached hydrogen (secondary N) is 1. The smallest absolute Gasteiger partial charge is 0.221 e. The second kappa shape index (κ2) is 7.31. The van der Waals surface area contributed by atoms with Gasteiger partial charge in [-0.25, -0.2) is 0 Å². The first kappa shape index (κ1) is 18.4. The van der Waals surface area contributed by atoms with E-state index < -0.39 is 11.8 Å². The Labute approximate surface area is 147 Å². The minimum atomic E-state index is -0.744. The minimum Gasteiger partial charge on any atom is -0.351 e. The number of aryl methyl sites for hydroxylation is 3. The Hall–Kier alpha value is -1.94. The number of carbonyl (C=O) groups is 3. The summed E-state index contributed by atoms with van der Waals surface area (Å²) in [6.45, 7) is 9.48. The molecule has 0 saturated heterocycles. The largest absolute Gasteiger partial charge is 0.351 e. The van der Waals surface area contributed by atoms with Gasteiger partial charge in [0.25, 0.3) is 0 Å². The number of amides is 1. The maximum Gasteiger partial charge on any atom is 0.221 e. The zero-order valence-electron chi connectivity index (χ0n) is 14.2. The van der Waals surface area contributed by atoms with Crippen molar-refractivity contribution in [2.75, 3.05) is 6.54 Å². The number of ketones is 2. The van der Waals surface area contributed by atoms with E-state index in [0.29, 0.717) is 5.03 Å². The highest BCUT2D eigenvalue weighted by molar-refractivity contribution is 6.29. The Morgan fingerprint density at radius 1 is 1.25 bits per heavy atom. The summed E-state index contributed by atoms with van der Waals surface area (Å²) in [5.41, 5.74) is 3.79. The monoisotopic (exact) mass is 347 g/mol. The number of Topliss-reactive ketones (excluding diaryl/α,β-unsaturated/α-hetero) is 2. The van der Waals surface area contributed by atoms with Gasteiger partial charge in [0.15, 0.2) is 5.78 Å². The fraction of sp³-hybridized carbons (Fsp3) is 0.421. The third-order valence-electron chi connectivity index (χ3n) is 4.39. The van der Waals surface area contributed by atoms with Crippen LogP contribution < -0.4 is 5.32 Å². The molecule has 0 aromatic heterocycles. The Kier molecular flexibility index (Phi) is 5.60. The van der Waals surface area contributed by atoms with E-state index in [1.54, 1.807) is 0 Å². The first-order chi connectivity index (χ1) is 11.2. The molecule has 1 N–H and O–H groups in total. The van der Waals surface area contributed by atoms with Gasteiger partial charge in [0.05, 0.1) is 6.54 Å². The van der Waals surface area contributed by atoms with Gasteiger partial charge >= 0.3 is 0 Å². The molecular formula is C19H22ClNO3. The maximum absolute atomic E-state index is 12.7. The third-order valence-corrected chi connectivity index (χ3v) is 4.53. The van der Waals surface area contributed by atoms with E-state index in [-0.39, 0.29) is 36.9 Å². The zero-order valence-corrected chi connectivity index (χ0v) is 15.0. The fourth-order valence-electron chi connectivity index (χ4n) is 3.47. The molecule has 1 aromatic carbocycles. The lowest BCUT2D eigenvalue weighted by atomic mass is 9.86. The van der Waals surface area contributed by atoms with Gasteiger partial charge in [-0.2, -0.15) is 0 Å². The fourth-order valence-corrected chi connectivity index (χ4v) is 3.54. The first-order valence-corrected chi connectivity index (χ1v) is 8.32. The highest BCUT2D eigenvalue weighted by Gasteiger charge is 2.43. The summed E-state index contributed by atoms with van der Waals surface area (Å²) in [6, 6.07) is 3.96. The van der Waals surface area contributed by atoms with Crippen molar-refractivity contribution in [1.82, 2.24) is 5.32 Å². The van der Waals surface area contributed by atoms with Crippen molar-refractivity contribution in [2.24, 2.45) is 5.92 Å². The maximum atomic E-state index is 12.7. The van der Waals surface area contributed by atoms with Gasteiger partial charge in [0.2, 0.25) is 5.91 Å². The molecule has 1 aliphatic rings. The Bertz CT molecular complexity index is 700. The summed E-state index contributed by atoms with van der Waals surface area (Å²) >= 11 is 5.61. The highest BCUT2D eigenvalue weighted by atomic mass is 35.5. The van der Waals surface area contributed by atoms with Crippen molar-refractivity contribution in [3.63, 3.8) is 0 Å². The van der Waals surface area contributed by atoms with Gasteiger partial charge < -0.3 is 5.32 Å². The predicted octanol–water partition coefficient (Wildman–Crippen LogP) is 3.11. The lowest BCUT2D eigenvalue weighted by Gasteiger charge is -2.16. The average Bonchev–Trinajstić information content (AvgIpc) is 2.72. The Morgan fingerprint density at radius 3 is 2.38 bits per heavy atom. The summed E-state index contributed by atoms with van der Waals surface area (Å²) in [5.74, 6) is -1.86. The molecule has 0 heterocycles. The highest BCUT2D eigenvalue weighted by Crippen LogP contribution is 2.37. The topological polar surface area (TPSA) is 63.2 Å². The molecule has 1 amide bonds. The molecule has 24 heavy (non-hydrogen) atoms. The summed E-state index contributed by atoms with van der Waals surface area (Å²) in [7, 11) is 0. The number of halogens is 1. The van der Waals surface area contributed by atoms with Gasteiger partial charge in [0, 0.05) is 23.8 Å². The van der Waals surface area contributed by atoms with Crippen LogP contribution in [0.25, 0.3) is 0 Å². The van der Waals surface area contributed by atoms with Crippen LogP contribution in [0.1, 0.15) is 41.0 Å². The summed E-state index contributed by atoms with van der Waals surface area (Å²) in [4.78, 5) is 37.1. The number of carbonyl (C=O) groups excluding carboxylic acids is 3. The molecule has 1 fully saturated rings. The summed E-state index contributed by atoms with van der Waals surface area (Å²) in [5, 5.41) is 2.92. The summed E-state index contributed by atoms with van der Waals surface area (Å²) < 4.78 is 0.